The number of hydrogen-bond donors (Lipinski definition) is 2. The molecule has 114 valence electrons. The van der Waals surface area contributed by atoms with Gasteiger partial charge in [-0.3, -0.25) is 4.79 Å². The van der Waals surface area contributed by atoms with Gasteiger partial charge in [0.2, 0.25) is 5.91 Å². The quantitative estimate of drug-likeness (QED) is 0.268. The minimum absolute atomic E-state index is 0.0749. The zero-order valence-corrected chi connectivity index (χ0v) is 12.6. The van der Waals surface area contributed by atoms with E-state index in [1.165, 1.54) is 0 Å². The molecule has 0 radical (unpaired) electrons. The summed E-state index contributed by atoms with van der Waals surface area (Å²) in [5.74, 6) is 1.23. The summed E-state index contributed by atoms with van der Waals surface area (Å²) < 4.78 is 0. The van der Waals surface area contributed by atoms with Crippen molar-refractivity contribution >= 4 is 11.7 Å². The summed E-state index contributed by atoms with van der Waals surface area (Å²) in [5, 5.41) is 12.3. The predicted molar refractivity (Wildman–Crippen MR) is 78.5 cm³/mol. The standard InChI is InChI=1S/C15H27N3O2/c1-11-9-18(10-12(11)2)14(19)15(13(16)17-20)7-5-3-4-6-8-15/h11-12,20H,3-10H2,1-2H3,(H2,16,17). The molecule has 5 heteroatoms. The second kappa shape index (κ2) is 6.02. The highest BCUT2D eigenvalue weighted by Crippen LogP contribution is 2.39. The molecule has 0 bridgehead atoms. The molecule has 3 N–H and O–H groups in total. The molecule has 2 rings (SSSR count). The van der Waals surface area contributed by atoms with Crippen molar-refractivity contribution in [2.75, 3.05) is 13.1 Å². The van der Waals surface area contributed by atoms with Crippen LogP contribution in [0.4, 0.5) is 0 Å². The fourth-order valence-electron chi connectivity index (χ4n) is 3.61. The molecule has 1 saturated heterocycles. The Kier molecular flexibility index (Phi) is 4.55. The predicted octanol–water partition coefficient (Wildman–Crippen LogP) is 2.19. The second-order valence-corrected chi connectivity index (χ2v) is 6.65. The topological polar surface area (TPSA) is 78.9 Å². The van der Waals surface area contributed by atoms with E-state index in [1.54, 1.807) is 0 Å². The molecule has 2 atom stereocenters. The maximum Gasteiger partial charge on any atom is 0.236 e. The number of rotatable bonds is 2. The summed E-state index contributed by atoms with van der Waals surface area (Å²) in [6.45, 7) is 5.95. The van der Waals surface area contributed by atoms with Crippen molar-refractivity contribution in [3.05, 3.63) is 0 Å². The molecule has 2 unspecified atom stereocenters. The van der Waals surface area contributed by atoms with E-state index < -0.39 is 5.41 Å². The van der Waals surface area contributed by atoms with Gasteiger partial charge in [0.25, 0.3) is 0 Å². The van der Waals surface area contributed by atoms with Gasteiger partial charge in [-0.1, -0.05) is 44.7 Å². The summed E-state index contributed by atoms with van der Waals surface area (Å²) in [4.78, 5) is 14.9. The molecule has 2 aliphatic rings. The number of likely N-dealkylation sites (tertiary alicyclic amines) is 1. The Morgan fingerprint density at radius 1 is 1.15 bits per heavy atom. The summed E-state index contributed by atoms with van der Waals surface area (Å²) in [6, 6.07) is 0. The van der Waals surface area contributed by atoms with Crippen molar-refractivity contribution in [1.29, 1.82) is 0 Å². The number of carbonyl (C=O) groups is 1. The number of amides is 1. The molecule has 1 saturated carbocycles. The Bertz CT molecular complexity index is 377. The Hall–Kier alpha value is -1.26. The van der Waals surface area contributed by atoms with Crippen molar-refractivity contribution in [3.63, 3.8) is 0 Å². The number of oxime groups is 1. The van der Waals surface area contributed by atoms with E-state index in [9.17, 15) is 4.79 Å². The van der Waals surface area contributed by atoms with Gasteiger partial charge >= 0.3 is 0 Å². The molecular formula is C15H27N3O2. The van der Waals surface area contributed by atoms with Crippen LogP contribution in [0.2, 0.25) is 0 Å². The summed E-state index contributed by atoms with van der Waals surface area (Å²) in [6.07, 6.45) is 5.62. The van der Waals surface area contributed by atoms with Gasteiger partial charge < -0.3 is 15.8 Å². The number of nitrogens with two attached hydrogens (primary N) is 1. The molecule has 5 nitrogen and oxygen atoms in total. The lowest BCUT2D eigenvalue weighted by Crippen LogP contribution is -2.50. The Labute approximate surface area is 121 Å². The minimum Gasteiger partial charge on any atom is -0.409 e. The van der Waals surface area contributed by atoms with Gasteiger partial charge in [0.15, 0.2) is 5.84 Å². The van der Waals surface area contributed by atoms with Crippen molar-refractivity contribution in [3.8, 4) is 0 Å². The van der Waals surface area contributed by atoms with Gasteiger partial charge in [0.05, 0.1) is 0 Å². The van der Waals surface area contributed by atoms with Crippen molar-refractivity contribution in [1.82, 2.24) is 4.90 Å². The zero-order valence-electron chi connectivity index (χ0n) is 12.6. The number of hydrogen-bond acceptors (Lipinski definition) is 3. The molecule has 0 aromatic rings. The Morgan fingerprint density at radius 2 is 1.65 bits per heavy atom. The molecule has 0 aromatic heterocycles. The lowest BCUT2D eigenvalue weighted by atomic mass is 9.77. The van der Waals surface area contributed by atoms with Gasteiger partial charge in [-0.25, -0.2) is 0 Å². The van der Waals surface area contributed by atoms with Crippen LogP contribution in [0, 0.1) is 17.3 Å². The Balaban J connectivity index is 2.24. The molecule has 2 fully saturated rings. The van der Waals surface area contributed by atoms with Crippen molar-refractivity contribution in [2.24, 2.45) is 28.1 Å². The first-order valence-electron chi connectivity index (χ1n) is 7.78. The molecule has 1 aliphatic carbocycles. The van der Waals surface area contributed by atoms with Crippen LogP contribution in [0.3, 0.4) is 0 Å². The van der Waals surface area contributed by atoms with E-state index in [4.69, 9.17) is 10.9 Å². The van der Waals surface area contributed by atoms with Crippen LogP contribution in [0.5, 0.6) is 0 Å². The smallest absolute Gasteiger partial charge is 0.236 e. The van der Waals surface area contributed by atoms with E-state index in [0.29, 0.717) is 24.7 Å². The van der Waals surface area contributed by atoms with E-state index in [2.05, 4.69) is 19.0 Å². The van der Waals surface area contributed by atoms with E-state index >= 15 is 0 Å². The fraction of sp³-hybridized carbons (Fsp3) is 0.867. The van der Waals surface area contributed by atoms with Gasteiger partial charge in [-0.2, -0.15) is 0 Å². The van der Waals surface area contributed by atoms with E-state index in [-0.39, 0.29) is 11.7 Å². The van der Waals surface area contributed by atoms with Gasteiger partial charge in [-0.05, 0) is 24.7 Å². The molecule has 1 amide bonds. The lowest BCUT2D eigenvalue weighted by Gasteiger charge is -2.34. The highest BCUT2D eigenvalue weighted by atomic mass is 16.4. The van der Waals surface area contributed by atoms with Gasteiger partial charge in [0, 0.05) is 13.1 Å². The average Bonchev–Trinajstić information content (AvgIpc) is 2.68. The van der Waals surface area contributed by atoms with Crippen LogP contribution in [-0.4, -0.2) is 34.9 Å². The third-order valence-corrected chi connectivity index (χ3v) is 5.24. The first kappa shape index (κ1) is 15.1. The monoisotopic (exact) mass is 281 g/mol. The van der Waals surface area contributed by atoms with Crippen molar-refractivity contribution < 1.29 is 10.0 Å². The van der Waals surface area contributed by atoms with E-state index in [1.807, 2.05) is 4.90 Å². The third kappa shape index (κ3) is 2.63. The number of carbonyl (C=O) groups excluding carboxylic acids is 1. The van der Waals surface area contributed by atoms with Crippen molar-refractivity contribution in [2.45, 2.75) is 52.4 Å². The number of amidine groups is 1. The molecule has 0 aromatic carbocycles. The largest absolute Gasteiger partial charge is 0.409 e. The summed E-state index contributed by atoms with van der Waals surface area (Å²) in [5.41, 5.74) is 5.17. The van der Waals surface area contributed by atoms with Crippen LogP contribution in [0.25, 0.3) is 0 Å². The molecule has 20 heavy (non-hydrogen) atoms. The molecule has 0 spiro atoms. The first-order chi connectivity index (χ1) is 9.51. The molecule has 1 heterocycles. The molecular weight excluding hydrogens is 254 g/mol. The zero-order chi connectivity index (χ0) is 14.8. The highest BCUT2D eigenvalue weighted by Gasteiger charge is 2.47. The van der Waals surface area contributed by atoms with Crippen LogP contribution < -0.4 is 5.73 Å². The maximum atomic E-state index is 13.0. The van der Waals surface area contributed by atoms with Crippen LogP contribution in [-0.2, 0) is 4.79 Å². The Morgan fingerprint density at radius 3 is 2.10 bits per heavy atom. The van der Waals surface area contributed by atoms with Crippen LogP contribution >= 0.6 is 0 Å². The lowest BCUT2D eigenvalue weighted by molar-refractivity contribution is -0.138. The SMILES string of the molecule is CC1CN(C(=O)C2(C(N)=NO)CCCCCC2)CC1C. The van der Waals surface area contributed by atoms with Gasteiger partial charge in [-0.15, -0.1) is 0 Å². The highest BCUT2D eigenvalue weighted by molar-refractivity contribution is 6.06. The van der Waals surface area contributed by atoms with Crippen LogP contribution in [0.15, 0.2) is 5.16 Å². The maximum absolute atomic E-state index is 13.0. The summed E-state index contributed by atoms with van der Waals surface area (Å²) in [7, 11) is 0. The van der Waals surface area contributed by atoms with E-state index in [0.717, 1.165) is 38.8 Å². The van der Waals surface area contributed by atoms with Gasteiger partial charge in [0.1, 0.15) is 5.41 Å². The minimum atomic E-state index is -0.769. The third-order valence-electron chi connectivity index (χ3n) is 5.24. The second-order valence-electron chi connectivity index (χ2n) is 6.65. The normalized spacial score (nSPS) is 31.1. The van der Waals surface area contributed by atoms with Crippen LogP contribution in [0.1, 0.15) is 52.4 Å². The fourth-order valence-corrected chi connectivity index (χ4v) is 3.61. The first-order valence-corrected chi connectivity index (χ1v) is 7.78. The molecule has 1 aliphatic heterocycles. The number of nitrogens with zero attached hydrogens (tertiary/aromatic N) is 2. The summed E-state index contributed by atoms with van der Waals surface area (Å²) >= 11 is 0. The average molecular weight is 281 g/mol.